The number of allylic oxidation sites excluding steroid dienone is 1. The molecule has 0 rings (SSSR count). The molecule has 0 saturated carbocycles. The van der Waals surface area contributed by atoms with Crippen LogP contribution in [0.25, 0.3) is 0 Å². The van der Waals surface area contributed by atoms with E-state index in [0.717, 1.165) is 13.0 Å². The second-order valence-corrected chi connectivity index (χ2v) is 3.46. The van der Waals surface area contributed by atoms with Crippen molar-refractivity contribution in [3.05, 3.63) is 12.2 Å². The number of hydrogen-bond acceptors (Lipinski definition) is 1. The third kappa shape index (κ3) is 11.7. The van der Waals surface area contributed by atoms with Gasteiger partial charge in [0.1, 0.15) is 0 Å². The summed E-state index contributed by atoms with van der Waals surface area (Å²) >= 11 is 0. The average molecular weight is 184 g/mol. The molecular weight excluding hydrogens is 160 g/mol. The van der Waals surface area contributed by atoms with Crippen molar-refractivity contribution in [1.82, 2.24) is 0 Å². The van der Waals surface area contributed by atoms with E-state index in [4.69, 9.17) is 4.74 Å². The maximum atomic E-state index is 4.95. The summed E-state index contributed by atoms with van der Waals surface area (Å²) in [7, 11) is 1.75. The summed E-state index contributed by atoms with van der Waals surface area (Å²) in [5.74, 6) is 0. The van der Waals surface area contributed by atoms with Crippen molar-refractivity contribution in [1.29, 1.82) is 0 Å². The van der Waals surface area contributed by atoms with Crippen LogP contribution in [0.4, 0.5) is 0 Å². The molecule has 0 N–H and O–H groups in total. The smallest absolute Gasteiger partial charge is 0.0496 e. The molecule has 0 bridgehead atoms. The first-order chi connectivity index (χ1) is 6.41. The zero-order valence-corrected chi connectivity index (χ0v) is 9.22. The molecule has 0 spiro atoms. The molecule has 0 amide bonds. The van der Waals surface area contributed by atoms with Gasteiger partial charge in [0.2, 0.25) is 0 Å². The minimum atomic E-state index is 0.854. The minimum absolute atomic E-state index is 0.854. The second kappa shape index (κ2) is 11.7. The van der Waals surface area contributed by atoms with E-state index in [1.165, 1.54) is 38.5 Å². The van der Waals surface area contributed by atoms with Crippen LogP contribution in [0.2, 0.25) is 0 Å². The van der Waals surface area contributed by atoms with Gasteiger partial charge in [0.15, 0.2) is 0 Å². The Hall–Kier alpha value is -0.300. The SMILES string of the molecule is CCCCCCCC=CCCOC. The fourth-order valence-corrected chi connectivity index (χ4v) is 1.29. The Morgan fingerprint density at radius 2 is 1.62 bits per heavy atom. The monoisotopic (exact) mass is 184 g/mol. The molecule has 1 nitrogen and oxygen atoms in total. The van der Waals surface area contributed by atoms with Crippen molar-refractivity contribution in [2.24, 2.45) is 0 Å². The fourth-order valence-electron chi connectivity index (χ4n) is 1.29. The largest absolute Gasteiger partial charge is 0.384 e. The van der Waals surface area contributed by atoms with Crippen LogP contribution >= 0.6 is 0 Å². The Kier molecular flexibility index (Phi) is 11.4. The van der Waals surface area contributed by atoms with E-state index in [1.807, 2.05) is 0 Å². The summed E-state index contributed by atoms with van der Waals surface area (Å²) in [6, 6.07) is 0. The summed E-state index contributed by atoms with van der Waals surface area (Å²) in [5.41, 5.74) is 0. The first kappa shape index (κ1) is 12.7. The highest BCUT2D eigenvalue weighted by Crippen LogP contribution is 2.05. The van der Waals surface area contributed by atoms with Gasteiger partial charge < -0.3 is 4.74 Å². The normalized spacial score (nSPS) is 11.2. The highest BCUT2D eigenvalue weighted by atomic mass is 16.5. The molecule has 0 aromatic rings. The van der Waals surface area contributed by atoms with Gasteiger partial charge in [-0.2, -0.15) is 0 Å². The molecular formula is C12H24O. The maximum Gasteiger partial charge on any atom is 0.0496 e. The van der Waals surface area contributed by atoms with E-state index in [9.17, 15) is 0 Å². The zero-order chi connectivity index (χ0) is 9.78. The van der Waals surface area contributed by atoms with Crippen molar-refractivity contribution < 1.29 is 4.74 Å². The van der Waals surface area contributed by atoms with Crippen LogP contribution in [0.5, 0.6) is 0 Å². The van der Waals surface area contributed by atoms with E-state index in [1.54, 1.807) is 7.11 Å². The van der Waals surface area contributed by atoms with Crippen molar-refractivity contribution >= 4 is 0 Å². The minimum Gasteiger partial charge on any atom is -0.384 e. The van der Waals surface area contributed by atoms with Gasteiger partial charge >= 0.3 is 0 Å². The van der Waals surface area contributed by atoms with E-state index >= 15 is 0 Å². The first-order valence-corrected chi connectivity index (χ1v) is 5.55. The number of hydrogen-bond donors (Lipinski definition) is 0. The van der Waals surface area contributed by atoms with Crippen molar-refractivity contribution in [2.45, 2.75) is 51.9 Å². The van der Waals surface area contributed by atoms with Gasteiger partial charge in [0.25, 0.3) is 0 Å². The van der Waals surface area contributed by atoms with E-state index < -0.39 is 0 Å². The highest BCUT2D eigenvalue weighted by Gasteiger charge is 1.86. The number of unbranched alkanes of at least 4 members (excludes halogenated alkanes) is 5. The van der Waals surface area contributed by atoms with Crippen molar-refractivity contribution in [3.8, 4) is 0 Å². The predicted molar refractivity (Wildman–Crippen MR) is 59.0 cm³/mol. The van der Waals surface area contributed by atoms with Crippen LogP contribution in [0.3, 0.4) is 0 Å². The first-order valence-electron chi connectivity index (χ1n) is 5.55. The van der Waals surface area contributed by atoms with E-state index in [2.05, 4.69) is 19.1 Å². The summed E-state index contributed by atoms with van der Waals surface area (Å²) in [6.07, 6.45) is 13.7. The molecule has 0 fully saturated rings. The van der Waals surface area contributed by atoms with Gasteiger partial charge in [-0.3, -0.25) is 0 Å². The molecule has 0 radical (unpaired) electrons. The average Bonchev–Trinajstić information content (AvgIpc) is 2.16. The molecule has 0 atom stereocenters. The molecule has 0 aromatic carbocycles. The number of ether oxygens (including phenoxy) is 1. The summed E-state index contributed by atoms with van der Waals surface area (Å²) in [5, 5.41) is 0. The Balaban J connectivity index is 2.93. The fraction of sp³-hybridized carbons (Fsp3) is 0.833. The van der Waals surface area contributed by atoms with Crippen LogP contribution in [0.15, 0.2) is 12.2 Å². The topological polar surface area (TPSA) is 9.23 Å². The van der Waals surface area contributed by atoms with Gasteiger partial charge in [-0.1, -0.05) is 44.8 Å². The molecule has 0 aliphatic rings. The van der Waals surface area contributed by atoms with Crippen LogP contribution < -0.4 is 0 Å². The zero-order valence-electron chi connectivity index (χ0n) is 9.22. The highest BCUT2D eigenvalue weighted by molar-refractivity contribution is 4.81. The quantitative estimate of drug-likeness (QED) is 0.389. The van der Waals surface area contributed by atoms with E-state index in [0.29, 0.717) is 0 Å². The number of rotatable bonds is 9. The molecule has 0 saturated heterocycles. The molecule has 13 heavy (non-hydrogen) atoms. The lowest BCUT2D eigenvalue weighted by molar-refractivity contribution is 0.204. The van der Waals surface area contributed by atoms with Crippen LogP contribution in [0, 0.1) is 0 Å². The Morgan fingerprint density at radius 3 is 2.31 bits per heavy atom. The van der Waals surface area contributed by atoms with Crippen molar-refractivity contribution in [2.75, 3.05) is 13.7 Å². The summed E-state index contributed by atoms with van der Waals surface area (Å²) in [6.45, 7) is 3.11. The van der Waals surface area contributed by atoms with Gasteiger partial charge in [-0.05, 0) is 19.3 Å². The third-order valence-electron chi connectivity index (χ3n) is 2.13. The van der Waals surface area contributed by atoms with Gasteiger partial charge in [-0.25, -0.2) is 0 Å². The molecule has 0 unspecified atom stereocenters. The van der Waals surface area contributed by atoms with E-state index in [-0.39, 0.29) is 0 Å². The van der Waals surface area contributed by atoms with Gasteiger partial charge in [-0.15, -0.1) is 0 Å². The van der Waals surface area contributed by atoms with Crippen LogP contribution in [-0.2, 0) is 4.74 Å². The lowest BCUT2D eigenvalue weighted by Crippen LogP contribution is -1.83. The standard InChI is InChI=1S/C12H24O/c1-3-4-5-6-7-8-9-10-11-12-13-2/h9-10H,3-8,11-12H2,1-2H3. The predicted octanol–water partition coefficient (Wildman–Crippen LogP) is 3.94. The Bertz CT molecular complexity index is 108. The summed E-state index contributed by atoms with van der Waals surface area (Å²) < 4.78 is 4.95. The van der Waals surface area contributed by atoms with Crippen LogP contribution in [-0.4, -0.2) is 13.7 Å². The molecule has 78 valence electrons. The molecule has 0 aliphatic heterocycles. The van der Waals surface area contributed by atoms with Crippen LogP contribution in [0.1, 0.15) is 51.9 Å². The maximum absolute atomic E-state index is 4.95. The molecule has 0 heterocycles. The van der Waals surface area contributed by atoms with Crippen molar-refractivity contribution in [3.63, 3.8) is 0 Å². The molecule has 0 aliphatic carbocycles. The van der Waals surface area contributed by atoms with Gasteiger partial charge in [0, 0.05) is 13.7 Å². The Labute approximate surface area is 83.2 Å². The molecule has 1 heteroatoms. The van der Waals surface area contributed by atoms with Gasteiger partial charge in [0.05, 0.1) is 0 Å². The third-order valence-corrected chi connectivity index (χ3v) is 2.13. The lowest BCUT2D eigenvalue weighted by Gasteiger charge is -1.96. The second-order valence-electron chi connectivity index (χ2n) is 3.46. The number of methoxy groups -OCH3 is 1. The summed E-state index contributed by atoms with van der Waals surface area (Å²) in [4.78, 5) is 0. The molecule has 0 aromatic heterocycles. The lowest BCUT2D eigenvalue weighted by atomic mass is 10.1. The Morgan fingerprint density at radius 1 is 0.923 bits per heavy atom.